The number of carbonyl (C=O) groups excluding carboxylic acids is 1. The maximum atomic E-state index is 12.3. The Morgan fingerprint density at radius 3 is 2.68 bits per heavy atom. The van der Waals surface area contributed by atoms with Gasteiger partial charge in [0.05, 0.1) is 25.6 Å². The summed E-state index contributed by atoms with van der Waals surface area (Å²) >= 11 is 0. The molecule has 0 fully saturated rings. The Balaban J connectivity index is 1.89. The fourth-order valence-electron chi connectivity index (χ4n) is 2.19. The van der Waals surface area contributed by atoms with Crippen LogP contribution in [0.4, 0.5) is 14.5 Å². The first-order valence-electron chi connectivity index (χ1n) is 8.33. The first kappa shape index (κ1) is 20.9. The van der Waals surface area contributed by atoms with Crippen LogP contribution in [-0.2, 0) is 9.63 Å². The molecule has 0 bridgehead atoms. The summed E-state index contributed by atoms with van der Waals surface area (Å²) in [6.45, 7) is -0.959. The van der Waals surface area contributed by atoms with Crippen LogP contribution in [-0.4, -0.2) is 39.1 Å². The highest BCUT2D eigenvalue weighted by molar-refractivity contribution is 5.93. The lowest BCUT2D eigenvalue weighted by Crippen LogP contribution is -2.17. The molecule has 150 valence electrons. The number of para-hydroxylation sites is 2. The number of halogens is 2. The van der Waals surface area contributed by atoms with E-state index in [1.807, 2.05) is 6.92 Å². The fourth-order valence-corrected chi connectivity index (χ4v) is 2.19. The molecule has 0 heterocycles. The summed E-state index contributed by atoms with van der Waals surface area (Å²) < 4.78 is 39.4. The summed E-state index contributed by atoms with van der Waals surface area (Å²) in [6.07, 6.45) is 1.32. The quantitative estimate of drug-likeness (QED) is 0.491. The van der Waals surface area contributed by atoms with Crippen molar-refractivity contribution in [1.29, 1.82) is 0 Å². The van der Waals surface area contributed by atoms with Crippen molar-refractivity contribution in [2.75, 3.05) is 25.6 Å². The van der Waals surface area contributed by atoms with Crippen LogP contribution in [0.15, 0.2) is 47.6 Å². The van der Waals surface area contributed by atoms with Crippen molar-refractivity contribution in [2.45, 2.75) is 13.5 Å². The van der Waals surface area contributed by atoms with Crippen molar-refractivity contribution in [2.24, 2.45) is 5.16 Å². The predicted octanol–water partition coefficient (Wildman–Crippen LogP) is 3.68. The number of anilines is 1. The van der Waals surface area contributed by atoms with Crippen LogP contribution in [0.2, 0.25) is 0 Å². The van der Waals surface area contributed by atoms with Crippen LogP contribution < -0.4 is 19.5 Å². The Morgan fingerprint density at radius 2 is 1.96 bits per heavy atom. The second-order valence-electron chi connectivity index (χ2n) is 5.27. The standard InChI is InChI=1S/C19H20F2N2O5/c1-3-26-15-7-5-4-6-14(15)23-18(24)12-27-22-11-13-8-9-16(28-19(20)21)17(10-13)25-2/h4-11,19H,3,12H2,1-2H3,(H,23,24)/b22-11-. The van der Waals surface area contributed by atoms with Crippen LogP contribution in [0.5, 0.6) is 17.2 Å². The third-order valence-corrected chi connectivity index (χ3v) is 3.34. The Kier molecular flexibility index (Phi) is 8.01. The van der Waals surface area contributed by atoms with Gasteiger partial charge in [0.2, 0.25) is 0 Å². The normalized spacial score (nSPS) is 10.8. The number of benzene rings is 2. The van der Waals surface area contributed by atoms with Crippen LogP contribution in [0.25, 0.3) is 0 Å². The third-order valence-electron chi connectivity index (χ3n) is 3.34. The van der Waals surface area contributed by atoms with Crippen LogP contribution in [0.1, 0.15) is 12.5 Å². The van der Waals surface area contributed by atoms with Gasteiger partial charge in [-0.3, -0.25) is 4.79 Å². The van der Waals surface area contributed by atoms with Crippen molar-refractivity contribution < 1.29 is 32.6 Å². The molecule has 2 aromatic carbocycles. The number of alkyl halides is 2. The highest BCUT2D eigenvalue weighted by Crippen LogP contribution is 2.29. The lowest BCUT2D eigenvalue weighted by molar-refractivity contribution is -0.120. The zero-order valence-corrected chi connectivity index (χ0v) is 15.4. The van der Waals surface area contributed by atoms with E-state index in [1.165, 1.54) is 31.5 Å². The zero-order valence-electron chi connectivity index (χ0n) is 15.4. The second-order valence-corrected chi connectivity index (χ2v) is 5.27. The molecule has 0 aliphatic rings. The highest BCUT2D eigenvalue weighted by atomic mass is 19.3. The Hall–Kier alpha value is -3.36. The SMILES string of the molecule is CCOc1ccccc1NC(=O)CO/N=C\c1ccc(OC(F)F)c(OC)c1. The van der Waals surface area contributed by atoms with Gasteiger partial charge < -0.3 is 24.4 Å². The molecule has 0 atom stereocenters. The largest absolute Gasteiger partial charge is 0.493 e. The number of amides is 1. The zero-order chi connectivity index (χ0) is 20.4. The summed E-state index contributed by atoms with van der Waals surface area (Å²) in [5, 5.41) is 6.35. The van der Waals surface area contributed by atoms with E-state index >= 15 is 0 Å². The van der Waals surface area contributed by atoms with Gasteiger partial charge in [-0.05, 0) is 37.3 Å². The average Bonchev–Trinajstić information content (AvgIpc) is 2.67. The van der Waals surface area contributed by atoms with Crippen LogP contribution in [0.3, 0.4) is 0 Å². The van der Waals surface area contributed by atoms with Crippen LogP contribution >= 0.6 is 0 Å². The molecule has 0 spiro atoms. The summed E-state index contributed by atoms with van der Waals surface area (Å²) in [6, 6.07) is 11.3. The third kappa shape index (κ3) is 6.42. The first-order chi connectivity index (χ1) is 13.5. The maximum Gasteiger partial charge on any atom is 0.387 e. The number of hydrogen-bond donors (Lipinski definition) is 1. The van der Waals surface area contributed by atoms with Gasteiger partial charge in [-0.2, -0.15) is 8.78 Å². The molecule has 1 N–H and O–H groups in total. The van der Waals surface area contributed by atoms with Gasteiger partial charge in [-0.15, -0.1) is 0 Å². The van der Waals surface area contributed by atoms with Gasteiger partial charge in [0, 0.05) is 5.56 Å². The van der Waals surface area contributed by atoms with E-state index < -0.39 is 12.5 Å². The number of nitrogens with one attached hydrogen (secondary N) is 1. The molecule has 0 aliphatic heterocycles. The minimum Gasteiger partial charge on any atom is -0.493 e. The molecule has 0 saturated heterocycles. The van der Waals surface area contributed by atoms with E-state index in [9.17, 15) is 13.6 Å². The molecule has 0 saturated carbocycles. The summed E-state index contributed by atoms with van der Waals surface area (Å²) in [4.78, 5) is 16.9. The number of oxime groups is 1. The molecule has 2 rings (SSSR count). The Labute approximate surface area is 160 Å². The molecule has 28 heavy (non-hydrogen) atoms. The van der Waals surface area contributed by atoms with Crippen molar-refractivity contribution in [3.05, 3.63) is 48.0 Å². The Bertz CT molecular complexity index is 815. The van der Waals surface area contributed by atoms with E-state index in [2.05, 4.69) is 15.2 Å². The molecule has 0 aliphatic carbocycles. The first-order valence-corrected chi connectivity index (χ1v) is 8.33. The lowest BCUT2D eigenvalue weighted by atomic mass is 10.2. The molecule has 7 nitrogen and oxygen atoms in total. The topological polar surface area (TPSA) is 78.4 Å². The monoisotopic (exact) mass is 394 g/mol. The molecule has 2 aromatic rings. The fraction of sp³-hybridized carbons (Fsp3) is 0.263. The van der Waals surface area contributed by atoms with Gasteiger partial charge in [0.1, 0.15) is 5.75 Å². The number of nitrogens with zero attached hydrogens (tertiary/aromatic N) is 1. The van der Waals surface area contributed by atoms with E-state index in [-0.39, 0.29) is 18.1 Å². The Morgan fingerprint density at radius 1 is 1.18 bits per heavy atom. The van der Waals surface area contributed by atoms with Gasteiger partial charge >= 0.3 is 6.61 Å². The molecular formula is C19H20F2N2O5. The molecular weight excluding hydrogens is 374 g/mol. The molecule has 0 aromatic heterocycles. The van der Waals surface area contributed by atoms with Crippen molar-refractivity contribution in [1.82, 2.24) is 0 Å². The minimum atomic E-state index is -2.96. The van der Waals surface area contributed by atoms with E-state index in [1.54, 1.807) is 24.3 Å². The summed E-state index contributed by atoms with van der Waals surface area (Å²) in [7, 11) is 1.33. The smallest absolute Gasteiger partial charge is 0.387 e. The van der Waals surface area contributed by atoms with E-state index in [0.717, 1.165) is 0 Å². The molecule has 0 radical (unpaired) electrons. The van der Waals surface area contributed by atoms with Gasteiger partial charge in [0.25, 0.3) is 5.91 Å². The number of carbonyl (C=O) groups is 1. The molecule has 1 amide bonds. The van der Waals surface area contributed by atoms with Crippen molar-refractivity contribution >= 4 is 17.8 Å². The molecule has 9 heteroatoms. The van der Waals surface area contributed by atoms with Crippen molar-refractivity contribution in [3.8, 4) is 17.2 Å². The van der Waals surface area contributed by atoms with Gasteiger partial charge in [-0.25, -0.2) is 0 Å². The van der Waals surface area contributed by atoms with E-state index in [4.69, 9.17) is 14.3 Å². The van der Waals surface area contributed by atoms with E-state index in [0.29, 0.717) is 23.6 Å². The van der Waals surface area contributed by atoms with Crippen LogP contribution in [0, 0.1) is 0 Å². The summed E-state index contributed by atoms with van der Waals surface area (Å²) in [5.74, 6) is 0.167. The number of methoxy groups -OCH3 is 1. The van der Waals surface area contributed by atoms with Gasteiger partial charge in [0.15, 0.2) is 18.1 Å². The number of hydrogen-bond acceptors (Lipinski definition) is 6. The maximum absolute atomic E-state index is 12.3. The minimum absolute atomic E-state index is 0.0945. The van der Waals surface area contributed by atoms with Gasteiger partial charge in [-0.1, -0.05) is 17.3 Å². The summed E-state index contributed by atoms with van der Waals surface area (Å²) in [5.41, 5.74) is 1.04. The predicted molar refractivity (Wildman–Crippen MR) is 99.4 cm³/mol. The highest BCUT2D eigenvalue weighted by Gasteiger charge is 2.11. The van der Waals surface area contributed by atoms with Crippen molar-refractivity contribution in [3.63, 3.8) is 0 Å². The average molecular weight is 394 g/mol. The molecule has 0 unspecified atom stereocenters. The lowest BCUT2D eigenvalue weighted by Gasteiger charge is -2.10. The number of ether oxygens (including phenoxy) is 3. The number of rotatable bonds is 10. The second kappa shape index (κ2) is 10.7.